The Morgan fingerprint density at radius 1 is 1.54 bits per heavy atom. The van der Waals surface area contributed by atoms with Crippen LogP contribution < -0.4 is 4.74 Å². The first-order valence-corrected chi connectivity index (χ1v) is 4.83. The maximum atomic E-state index is 5.19. The molecule has 0 aromatic heterocycles. The van der Waals surface area contributed by atoms with Crippen LogP contribution in [0.4, 0.5) is 0 Å². The predicted octanol–water partition coefficient (Wildman–Crippen LogP) is 3.02. The molecule has 0 fully saturated rings. The minimum absolute atomic E-state index is 0.769. The van der Waals surface area contributed by atoms with Crippen molar-refractivity contribution in [2.24, 2.45) is 0 Å². The number of hydrogen-bond donors (Lipinski definition) is 0. The lowest BCUT2D eigenvalue weighted by atomic mass is 10.1. The average Bonchev–Trinajstić information content (AvgIpc) is 2.16. The van der Waals surface area contributed by atoms with E-state index in [9.17, 15) is 0 Å². The zero-order valence-electron chi connectivity index (χ0n) is 7.51. The van der Waals surface area contributed by atoms with Gasteiger partial charge in [-0.15, -0.1) is 12.3 Å². The highest BCUT2D eigenvalue weighted by Crippen LogP contribution is 2.23. The second-order valence-corrected chi connectivity index (χ2v) is 3.52. The molecular formula is C11H11BrO. The highest BCUT2D eigenvalue weighted by molar-refractivity contribution is 9.10. The van der Waals surface area contributed by atoms with Crippen LogP contribution in [0.1, 0.15) is 12.0 Å². The summed E-state index contributed by atoms with van der Waals surface area (Å²) in [6.07, 6.45) is 6.87. The first-order valence-electron chi connectivity index (χ1n) is 4.04. The van der Waals surface area contributed by atoms with Gasteiger partial charge in [-0.1, -0.05) is 22.0 Å². The third-order valence-corrected chi connectivity index (χ3v) is 2.54. The van der Waals surface area contributed by atoms with Crippen molar-refractivity contribution < 1.29 is 4.74 Å². The van der Waals surface area contributed by atoms with E-state index in [0.29, 0.717) is 0 Å². The molecule has 2 heteroatoms. The SMILES string of the molecule is C#CCCc1ccc(OC)cc1Br. The van der Waals surface area contributed by atoms with E-state index >= 15 is 0 Å². The number of terminal acetylenes is 1. The molecule has 68 valence electrons. The van der Waals surface area contributed by atoms with Crippen LogP contribution in [0.2, 0.25) is 0 Å². The Morgan fingerprint density at radius 2 is 2.31 bits per heavy atom. The zero-order chi connectivity index (χ0) is 9.68. The summed E-state index contributed by atoms with van der Waals surface area (Å²) in [4.78, 5) is 0. The molecule has 0 amide bonds. The van der Waals surface area contributed by atoms with Crippen molar-refractivity contribution in [3.05, 3.63) is 28.2 Å². The summed E-state index contributed by atoms with van der Waals surface area (Å²) in [6.45, 7) is 0. The molecule has 0 saturated heterocycles. The Balaban J connectivity index is 2.80. The van der Waals surface area contributed by atoms with Crippen molar-refractivity contribution in [2.75, 3.05) is 7.11 Å². The number of benzene rings is 1. The van der Waals surface area contributed by atoms with E-state index in [0.717, 1.165) is 23.1 Å². The van der Waals surface area contributed by atoms with Crippen molar-refractivity contribution in [3.8, 4) is 18.1 Å². The van der Waals surface area contributed by atoms with Gasteiger partial charge in [0.05, 0.1) is 7.11 Å². The van der Waals surface area contributed by atoms with Crippen LogP contribution in [-0.2, 0) is 6.42 Å². The van der Waals surface area contributed by atoms with Crippen molar-refractivity contribution in [2.45, 2.75) is 12.8 Å². The van der Waals surface area contributed by atoms with Crippen LogP contribution in [0.15, 0.2) is 22.7 Å². The van der Waals surface area contributed by atoms with E-state index in [2.05, 4.69) is 21.9 Å². The molecule has 0 spiro atoms. The molecule has 0 aliphatic heterocycles. The number of hydrogen-bond acceptors (Lipinski definition) is 1. The molecule has 0 aliphatic carbocycles. The second-order valence-electron chi connectivity index (χ2n) is 2.66. The van der Waals surface area contributed by atoms with Crippen molar-refractivity contribution in [1.82, 2.24) is 0 Å². The van der Waals surface area contributed by atoms with Crippen molar-refractivity contribution in [3.63, 3.8) is 0 Å². The predicted molar refractivity (Wildman–Crippen MR) is 57.8 cm³/mol. The third kappa shape index (κ3) is 2.78. The normalized spacial score (nSPS) is 9.31. The Bertz CT molecular complexity index is 325. The lowest BCUT2D eigenvalue weighted by Gasteiger charge is -2.04. The summed E-state index contributed by atoms with van der Waals surface area (Å²) in [5, 5.41) is 0. The maximum absolute atomic E-state index is 5.19. The Morgan fingerprint density at radius 3 is 2.85 bits per heavy atom. The quantitative estimate of drug-likeness (QED) is 0.736. The van der Waals surface area contributed by atoms with Crippen molar-refractivity contribution >= 4 is 15.9 Å². The van der Waals surface area contributed by atoms with Crippen LogP contribution in [0.25, 0.3) is 0 Å². The smallest absolute Gasteiger partial charge is 0.120 e. The van der Waals surface area contributed by atoms with E-state index in [4.69, 9.17) is 11.2 Å². The fourth-order valence-corrected chi connectivity index (χ4v) is 1.62. The van der Waals surface area contributed by atoms with Crippen LogP contribution in [0, 0.1) is 12.3 Å². The average molecular weight is 239 g/mol. The number of aryl methyl sites for hydroxylation is 1. The zero-order valence-corrected chi connectivity index (χ0v) is 9.10. The number of methoxy groups -OCH3 is 1. The second kappa shape index (κ2) is 4.94. The molecule has 0 N–H and O–H groups in total. The number of ether oxygens (including phenoxy) is 1. The van der Waals surface area contributed by atoms with Gasteiger partial charge in [0, 0.05) is 10.9 Å². The van der Waals surface area contributed by atoms with E-state index in [1.807, 2.05) is 18.2 Å². The van der Waals surface area contributed by atoms with Gasteiger partial charge in [0.25, 0.3) is 0 Å². The first kappa shape index (κ1) is 10.1. The van der Waals surface area contributed by atoms with Gasteiger partial charge >= 0.3 is 0 Å². The summed E-state index contributed by atoms with van der Waals surface area (Å²) in [5.74, 6) is 3.48. The van der Waals surface area contributed by atoms with Gasteiger partial charge in [0.2, 0.25) is 0 Å². The lowest BCUT2D eigenvalue weighted by molar-refractivity contribution is 0.414. The van der Waals surface area contributed by atoms with Gasteiger partial charge in [-0.25, -0.2) is 0 Å². The summed E-state index contributed by atoms with van der Waals surface area (Å²) in [7, 11) is 1.66. The summed E-state index contributed by atoms with van der Waals surface area (Å²) in [5.41, 5.74) is 1.22. The molecule has 0 saturated carbocycles. The van der Waals surface area contributed by atoms with Crippen LogP contribution >= 0.6 is 15.9 Å². The van der Waals surface area contributed by atoms with E-state index in [1.165, 1.54) is 5.56 Å². The Kier molecular flexibility index (Phi) is 3.85. The molecule has 0 bridgehead atoms. The van der Waals surface area contributed by atoms with Gasteiger partial charge in [-0.3, -0.25) is 0 Å². The van der Waals surface area contributed by atoms with Gasteiger partial charge < -0.3 is 4.74 Å². The van der Waals surface area contributed by atoms with Crippen molar-refractivity contribution in [1.29, 1.82) is 0 Å². The van der Waals surface area contributed by atoms with Crippen LogP contribution in [-0.4, -0.2) is 7.11 Å². The molecule has 0 radical (unpaired) electrons. The van der Waals surface area contributed by atoms with E-state index in [1.54, 1.807) is 7.11 Å². The van der Waals surface area contributed by atoms with Gasteiger partial charge in [0.1, 0.15) is 5.75 Å². The lowest BCUT2D eigenvalue weighted by Crippen LogP contribution is -1.88. The molecule has 1 aromatic rings. The summed E-state index contributed by atoms with van der Waals surface area (Å²) in [6, 6.07) is 5.92. The molecule has 0 atom stereocenters. The molecule has 0 aliphatic rings. The van der Waals surface area contributed by atoms with Crippen LogP contribution in [0.5, 0.6) is 5.75 Å². The fourth-order valence-electron chi connectivity index (χ4n) is 1.06. The minimum Gasteiger partial charge on any atom is -0.497 e. The summed E-state index contributed by atoms with van der Waals surface area (Å²) >= 11 is 3.47. The van der Waals surface area contributed by atoms with E-state index in [-0.39, 0.29) is 0 Å². The summed E-state index contributed by atoms with van der Waals surface area (Å²) < 4.78 is 6.14. The van der Waals surface area contributed by atoms with Gasteiger partial charge in [0.15, 0.2) is 0 Å². The molecule has 13 heavy (non-hydrogen) atoms. The number of halogens is 1. The molecular weight excluding hydrogens is 228 g/mol. The topological polar surface area (TPSA) is 9.23 Å². The molecule has 0 heterocycles. The Labute approximate surface area is 87.2 Å². The largest absolute Gasteiger partial charge is 0.497 e. The maximum Gasteiger partial charge on any atom is 0.120 e. The monoisotopic (exact) mass is 238 g/mol. The number of rotatable bonds is 3. The van der Waals surface area contributed by atoms with Gasteiger partial charge in [-0.05, 0) is 24.1 Å². The minimum atomic E-state index is 0.769. The molecule has 0 unspecified atom stereocenters. The third-order valence-electron chi connectivity index (χ3n) is 1.80. The molecule has 1 nitrogen and oxygen atoms in total. The Hall–Kier alpha value is -0.940. The standard InChI is InChI=1S/C11H11BrO/c1-3-4-5-9-6-7-10(13-2)8-11(9)12/h1,6-8H,4-5H2,2H3. The highest BCUT2D eigenvalue weighted by Gasteiger charge is 2.00. The molecule has 1 rings (SSSR count). The highest BCUT2D eigenvalue weighted by atomic mass is 79.9. The van der Waals surface area contributed by atoms with Crippen LogP contribution in [0.3, 0.4) is 0 Å². The van der Waals surface area contributed by atoms with E-state index < -0.39 is 0 Å². The first-order chi connectivity index (χ1) is 6.27. The fraction of sp³-hybridized carbons (Fsp3) is 0.273. The van der Waals surface area contributed by atoms with Gasteiger partial charge in [-0.2, -0.15) is 0 Å². The molecule has 1 aromatic carbocycles.